The molecule has 2 aliphatic rings. The number of carbonyl (C=O) groups excluding carboxylic acids is 1. The van der Waals surface area contributed by atoms with Crippen molar-refractivity contribution in [1.29, 1.82) is 0 Å². The van der Waals surface area contributed by atoms with Crippen LogP contribution in [0.15, 0.2) is 0 Å². The van der Waals surface area contributed by atoms with Gasteiger partial charge in [-0.25, -0.2) is 0 Å². The third-order valence-electron chi connectivity index (χ3n) is 5.05. The number of carbonyl (C=O) groups is 1. The first-order valence-corrected chi connectivity index (χ1v) is 9.28. The van der Waals surface area contributed by atoms with E-state index in [0.717, 1.165) is 0 Å². The van der Waals surface area contributed by atoms with Crippen LogP contribution >= 0.6 is 0 Å². The molecule has 27 heavy (non-hydrogen) atoms. The molecular formula is C17H31NO9. The summed E-state index contributed by atoms with van der Waals surface area (Å²) in [7, 11) is 0. The largest absolute Gasteiger partial charge is 0.394 e. The number of aliphatic hydroxyl groups excluding tert-OH is 5. The first kappa shape index (κ1) is 22.4. The molecule has 2 saturated heterocycles. The van der Waals surface area contributed by atoms with E-state index in [2.05, 4.69) is 5.32 Å². The van der Waals surface area contributed by atoms with E-state index in [1.54, 1.807) is 0 Å². The number of nitrogens with one attached hydrogen (secondary N) is 1. The van der Waals surface area contributed by atoms with Crippen molar-refractivity contribution < 1.29 is 44.5 Å². The number of amides is 1. The summed E-state index contributed by atoms with van der Waals surface area (Å²) < 4.78 is 16.8. The van der Waals surface area contributed by atoms with Crippen molar-refractivity contribution in [2.24, 2.45) is 5.92 Å². The Morgan fingerprint density at radius 2 is 1.85 bits per heavy atom. The molecule has 10 heteroatoms. The monoisotopic (exact) mass is 393 g/mol. The summed E-state index contributed by atoms with van der Waals surface area (Å²) in [6, 6.07) is 0. The van der Waals surface area contributed by atoms with Gasteiger partial charge in [-0.3, -0.25) is 4.79 Å². The standard InChI is InChI=1S/C17H31NO9/c1-3-4-25-16-11(6-19)27-17(15(24)14(16)23)12-10(5-18-8(2)20)26-7-9(21)13(12)22/h9-17,19,21-24H,3-7H2,1-2H3,(H,18,20)/t9-,10+,11+,12?,13+,14+,15+,16+,17+/m0/s1. The van der Waals surface area contributed by atoms with Gasteiger partial charge in [0.15, 0.2) is 0 Å². The van der Waals surface area contributed by atoms with Gasteiger partial charge in [0.1, 0.15) is 30.5 Å². The molecule has 0 aromatic rings. The van der Waals surface area contributed by atoms with E-state index in [1.807, 2.05) is 6.92 Å². The molecule has 1 amide bonds. The lowest BCUT2D eigenvalue weighted by Crippen LogP contribution is -2.66. The molecule has 2 rings (SSSR count). The fourth-order valence-corrected chi connectivity index (χ4v) is 3.65. The molecule has 0 aliphatic carbocycles. The number of aliphatic hydroxyl groups is 5. The van der Waals surface area contributed by atoms with Crippen molar-refractivity contribution in [2.75, 3.05) is 26.4 Å². The van der Waals surface area contributed by atoms with E-state index >= 15 is 0 Å². The van der Waals surface area contributed by atoms with Crippen molar-refractivity contribution in [1.82, 2.24) is 5.32 Å². The number of hydrogen-bond donors (Lipinski definition) is 6. The van der Waals surface area contributed by atoms with Crippen molar-refractivity contribution in [3.05, 3.63) is 0 Å². The van der Waals surface area contributed by atoms with E-state index in [1.165, 1.54) is 6.92 Å². The molecule has 0 aromatic heterocycles. The van der Waals surface area contributed by atoms with Crippen LogP contribution in [-0.4, -0.2) is 107 Å². The lowest BCUT2D eigenvalue weighted by Gasteiger charge is -2.49. The highest BCUT2D eigenvalue weighted by atomic mass is 16.6. The molecule has 0 bridgehead atoms. The normalized spacial score (nSPS) is 42.7. The summed E-state index contributed by atoms with van der Waals surface area (Å²) in [5.41, 5.74) is 0. The molecule has 2 fully saturated rings. The molecule has 1 unspecified atom stereocenters. The Morgan fingerprint density at radius 1 is 1.15 bits per heavy atom. The van der Waals surface area contributed by atoms with Crippen LogP contribution < -0.4 is 5.32 Å². The van der Waals surface area contributed by atoms with Gasteiger partial charge in [0.2, 0.25) is 5.91 Å². The zero-order chi connectivity index (χ0) is 20.1. The van der Waals surface area contributed by atoms with Crippen LogP contribution in [0, 0.1) is 5.92 Å². The van der Waals surface area contributed by atoms with E-state index in [4.69, 9.17) is 14.2 Å². The van der Waals surface area contributed by atoms with Crippen molar-refractivity contribution in [2.45, 2.75) is 69.1 Å². The van der Waals surface area contributed by atoms with Gasteiger partial charge in [-0.05, 0) is 6.42 Å². The molecule has 6 N–H and O–H groups in total. The zero-order valence-electron chi connectivity index (χ0n) is 15.6. The molecule has 10 nitrogen and oxygen atoms in total. The predicted octanol–water partition coefficient (Wildman–Crippen LogP) is -2.86. The van der Waals surface area contributed by atoms with Gasteiger partial charge in [0.05, 0.1) is 31.5 Å². The van der Waals surface area contributed by atoms with Crippen LogP contribution in [0.2, 0.25) is 0 Å². The minimum atomic E-state index is -1.44. The Kier molecular flexibility index (Phi) is 8.38. The summed E-state index contributed by atoms with van der Waals surface area (Å²) >= 11 is 0. The fraction of sp³-hybridized carbons (Fsp3) is 0.941. The molecular weight excluding hydrogens is 362 g/mol. The first-order valence-electron chi connectivity index (χ1n) is 9.28. The Balaban J connectivity index is 2.21. The molecule has 2 heterocycles. The van der Waals surface area contributed by atoms with Crippen LogP contribution in [0.25, 0.3) is 0 Å². The molecule has 0 spiro atoms. The average molecular weight is 393 g/mol. The van der Waals surface area contributed by atoms with Gasteiger partial charge < -0.3 is 45.1 Å². The van der Waals surface area contributed by atoms with E-state index in [9.17, 15) is 30.3 Å². The second-order valence-corrected chi connectivity index (χ2v) is 7.08. The SMILES string of the molecule is CCCO[C@H]1[C@H](O)[C@@H](O)[C@@H](C2[C@@H](CNC(C)=O)OC[C@H](O)[C@H]2O)O[C@@H]1CO. The number of rotatable bonds is 7. The average Bonchev–Trinajstić information content (AvgIpc) is 2.64. The Bertz CT molecular complexity index is 477. The van der Waals surface area contributed by atoms with Crippen molar-refractivity contribution >= 4 is 5.91 Å². The van der Waals surface area contributed by atoms with Gasteiger partial charge in [0, 0.05) is 26.0 Å². The van der Waals surface area contributed by atoms with Gasteiger partial charge in [-0.2, -0.15) is 0 Å². The van der Waals surface area contributed by atoms with E-state index in [0.29, 0.717) is 13.0 Å². The highest BCUT2D eigenvalue weighted by Crippen LogP contribution is 2.34. The van der Waals surface area contributed by atoms with Crippen LogP contribution in [0.1, 0.15) is 20.3 Å². The quantitative estimate of drug-likeness (QED) is 0.267. The van der Waals surface area contributed by atoms with Crippen LogP contribution in [0.4, 0.5) is 0 Å². The molecule has 2 aliphatic heterocycles. The minimum absolute atomic E-state index is 0.0337. The molecule has 158 valence electrons. The maximum atomic E-state index is 11.2. The summed E-state index contributed by atoms with van der Waals surface area (Å²) in [6.07, 6.45) is -8.39. The lowest BCUT2D eigenvalue weighted by molar-refractivity contribution is -0.281. The summed E-state index contributed by atoms with van der Waals surface area (Å²) in [5.74, 6) is -1.24. The summed E-state index contributed by atoms with van der Waals surface area (Å²) in [4.78, 5) is 11.2. The van der Waals surface area contributed by atoms with Crippen molar-refractivity contribution in [3.63, 3.8) is 0 Å². The smallest absolute Gasteiger partial charge is 0.216 e. The molecule has 0 aromatic carbocycles. The lowest BCUT2D eigenvalue weighted by atomic mass is 9.79. The highest BCUT2D eigenvalue weighted by molar-refractivity contribution is 5.72. The number of ether oxygens (including phenoxy) is 3. The Hall–Kier alpha value is -0.850. The molecule has 0 radical (unpaired) electrons. The second-order valence-electron chi connectivity index (χ2n) is 7.08. The Labute approximate surface area is 158 Å². The maximum absolute atomic E-state index is 11.2. The summed E-state index contributed by atoms with van der Waals surface area (Å²) in [5, 5.41) is 53.8. The number of hydrogen-bond acceptors (Lipinski definition) is 9. The third-order valence-corrected chi connectivity index (χ3v) is 5.05. The fourth-order valence-electron chi connectivity index (χ4n) is 3.65. The summed E-state index contributed by atoms with van der Waals surface area (Å²) in [6.45, 7) is 2.96. The topological polar surface area (TPSA) is 158 Å². The van der Waals surface area contributed by atoms with E-state index < -0.39 is 61.4 Å². The molecule has 0 saturated carbocycles. The van der Waals surface area contributed by atoms with Gasteiger partial charge in [-0.15, -0.1) is 0 Å². The maximum Gasteiger partial charge on any atom is 0.216 e. The van der Waals surface area contributed by atoms with Crippen molar-refractivity contribution in [3.8, 4) is 0 Å². The van der Waals surface area contributed by atoms with Gasteiger partial charge in [-0.1, -0.05) is 6.92 Å². The molecule has 9 atom stereocenters. The van der Waals surface area contributed by atoms with Crippen LogP contribution in [0.5, 0.6) is 0 Å². The highest BCUT2D eigenvalue weighted by Gasteiger charge is 2.53. The minimum Gasteiger partial charge on any atom is -0.394 e. The predicted molar refractivity (Wildman–Crippen MR) is 91.7 cm³/mol. The first-order chi connectivity index (χ1) is 12.8. The second kappa shape index (κ2) is 10.1. The van der Waals surface area contributed by atoms with E-state index in [-0.39, 0.29) is 19.1 Å². The van der Waals surface area contributed by atoms with Crippen LogP contribution in [0.3, 0.4) is 0 Å². The Morgan fingerprint density at radius 3 is 2.44 bits per heavy atom. The third kappa shape index (κ3) is 5.15. The van der Waals surface area contributed by atoms with Gasteiger partial charge in [0.25, 0.3) is 0 Å². The zero-order valence-corrected chi connectivity index (χ0v) is 15.6. The van der Waals surface area contributed by atoms with Crippen LogP contribution in [-0.2, 0) is 19.0 Å². The van der Waals surface area contributed by atoms with Gasteiger partial charge >= 0.3 is 0 Å².